The molecule has 0 radical (unpaired) electrons. The van der Waals surface area contributed by atoms with E-state index in [0.717, 1.165) is 42.9 Å². The molecule has 2 heterocycles. The molecular weight excluding hydrogens is 288 g/mol. The summed E-state index contributed by atoms with van der Waals surface area (Å²) in [4.78, 5) is 21.4. The molecule has 0 unspecified atom stereocenters. The van der Waals surface area contributed by atoms with Crippen LogP contribution >= 0.6 is 0 Å². The minimum Gasteiger partial charge on any atom is -0.335 e. The minimum absolute atomic E-state index is 0.00634. The van der Waals surface area contributed by atoms with Crippen molar-refractivity contribution in [2.45, 2.75) is 6.54 Å². The van der Waals surface area contributed by atoms with Gasteiger partial charge < -0.3 is 15.5 Å². The van der Waals surface area contributed by atoms with Crippen LogP contribution in [0.1, 0.15) is 16.1 Å². The molecule has 5 heteroatoms. The van der Waals surface area contributed by atoms with Crippen LogP contribution in [0, 0.1) is 0 Å². The van der Waals surface area contributed by atoms with E-state index in [0.29, 0.717) is 12.2 Å². The van der Waals surface area contributed by atoms with Crippen LogP contribution in [0.2, 0.25) is 0 Å². The first kappa shape index (κ1) is 15.6. The molecule has 1 aliphatic rings. The number of carbonyl (C=O) groups excluding carboxylic acids is 1. The summed E-state index contributed by atoms with van der Waals surface area (Å²) in [6.07, 6.45) is 1.68. The van der Waals surface area contributed by atoms with Gasteiger partial charge in [0.15, 0.2) is 0 Å². The molecule has 0 spiro atoms. The molecule has 0 saturated carbocycles. The van der Waals surface area contributed by atoms with E-state index in [1.54, 1.807) is 6.20 Å². The molecule has 120 valence electrons. The van der Waals surface area contributed by atoms with Crippen LogP contribution in [-0.2, 0) is 6.54 Å². The number of nitrogens with zero attached hydrogens (tertiary/aromatic N) is 3. The second-order valence-corrected chi connectivity index (χ2v) is 5.90. The Morgan fingerprint density at radius 2 is 1.96 bits per heavy atom. The monoisotopic (exact) mass is 310 g/mol. The third-order valence-electron chi connectivity index (χ3n) is 4.27. The average molecular weight is 310 g/mol. The van der Waals surface area contributed by atoms with E-state index >= 15 is 0 Å². The van der Waals surface area contributed by atoms with E-state index in [2.05, 4.69) is 16.9 Å². The molecule has 0 atom stereocenters. The number of likely N-dealkylation sites (N-methyl/N-ethyl adjacent to an activating group) is 1. The molecule has 5 nitrogen and oxygen atoms in total. The number of amides is 1. The highest BCUT2D eigenvalue weighted by molar-refractivity contribution is 5.99. The van der Waals surface area contributed by atoms with E-state index < -0.39 is 0 Å². The fourth-order valence-electron chi connectivity index (χ4n) is 2.83. The Labute approximate surface area is 136 Å². The molecule has 1 fully saturated rings. The van der Waals surface area contributed by atoms with Gasteiger partial charge in [0.2, 0.25) is 0 Å². The number of piperazine rings is 1. The number of rotatable bonds is 3. The number of aromatic nitrogens is 1. The lowest BCUT2D eigenvalue weighted by Gasteiger charge is -2.32. The third kappa shape index (κ3) is 3.41. The number of nitrogens with two attached hydrogens (primary N) is 1. The van der Waals surface area contributed by atoms with Gasteiger partial charge >= 0.3 is 0 Å². The van der Waals surface area contributed by atoms with Gasteiger partial charge in [-0.15, -0.1) is 0 Å². The number of benzene rings is 1. The zero-order valence-corrected chi connectivity index (χ0v) is 13.4. The van der Waals surface area contributed by atoms with E-state index in [1.165, 1.54) is 0 Å². The number of pyridine rings is 1. The summed E-state index contributed by atoms with van der Waals surface area (Å²) in [6, 6.07) is 11.8. The van der Waals surface area contributed by atoms with Crippen molar-refractivity contribution in [3.05, 3.63) is 53.9 Å². The van der Waals surface area contributed by atoms with Gasteiger partial charge in [-0.05, 0) is 30.3 Å². The van der Waals surface area contributed by atoms with E-state index in [-0.39, 0.29) is 5.91 Å². The van der Waals surface area contributed by atoms with Gasteiger partial charge in [-0.3, -0.25) is 9.78 Å². The second-order valence-electron chi connectivity index (χ2n) is 5.90. The number of hydrogen-bond acceptors (Lipinski definition) is 4. The molecule has 1 aliphatic heterocycles. The molecular formula is C18H22N4O. The molecule has 0 bridgehead atoms. The van der Waals surface area contributed by atoms with Crippen molar-refractivity contribution < 1.29 is 4.79 Å². The fourth-order valence-corrected chi connectivity index (χ4v) is 2.83. The number of hydrogen-bond donors (Lipinski definition) is 1. The largest absolute Gasteiger partial charge is 0.335 e. The minimum atomic E-state index is 0.00634. The highest BCUT2D eigenvalue weighted by Crippen LogP contribution is 2.24. The van der Waals surface area contributed by atoms with Gasteiger partial charge in [-0.1, -0.05) is 24.3 Å². The second kappa shape index (κ2) is 6.89. The molecule has 1 amide bonds. The summed E-state index contributed by atoms with van der Waals surface area (Å²) in [7, 11) is 2.08. The van der Waals surface area contributed by atoms with Crippen molar-refractivity contribution >= 4 is 5.91 Å². The molecule has 1 aromatic heterocycles. The topological polar surface area (TPSA) is 62.5 Å². The summed E-state index contributed by atoms with van der Waals surface area (Å²) >= 11 is 0. The standard InChI is InChI=1S/C18H22N4O/c1-21-8-10-22(11-9-21)18(23)17-16(6-3-7-20-17)15-5-2-4-14(12-15)13-19/h2-7,12H,8-11,13,19H2,1H3. The van der Waals surface area contributed by atoms with Crippen LogP contribution in [0.25, 0.3) is 11.1 Å². The highest BCUT2D eigenvalue weighted by Gasteiger charge is 2.23. The van der Waals surface area contributed by atoms with Crippen molar-refractivity contribution in [1.82, 2.24) is 14.8 Å². The summed E-state index contributed by atoms with van der Waals surface area (Å²) < 4.78 is 0. The fraction of sp³-hybridized carbons (Fsp3) is 0.333. The van der Waals surface area contributed by atoms with E-state index in [1.807, 2.05) is 41.3 Å². The van der Waals surface area contributed by atoms with Crippen molar-refractivity contribution in [3.63, 3.8) is 0 Å². The molecule has 1 saturated heterocycles. The maximum absolute atomic E-state index is 12.9. The lowest BCUT2D eigenvalue weighted by atomic mass is 10.0. The van der Waals surface area contributed by atoms with Crippen LogP contribution in [0.4, 0.5) is 0 Å². The first-order valence-electron chi connectivity index (χ1n) is 7.91. The zero-order valence-electron chi connectivity index (χ0n) is 13.4. The van der Waals surface area contributed by atoms with Crippen molar-refractivity contribution in [2.24, 2.45) is 5.73 Å². The Balaban J connectivity index is 1.92. The summed E-state index contributed by atoms with van der Waals surface area (Å²) in [5.74, 6) is 0.00634. The van der Waals surface area contributed by atoms with Crippen LogP contribution < -0.4 is 5.73 Å². The maximum atomic E-state index is 12.9. The van der Waals surface area contributed by atoms with Gasteiger partial charge in [0.1, 0.15) is 5.69 Å². The highest BCUT2D eigenvalue weighted by atomic mass is 16.2. The Bertz CT molecular complexity index is 693. The predicted octanol–water partition coefficient (Wildman–Crippen LogP) is 1.59. The van der Waals surface area contributed by atoms with Gasteiger partial charge in [0, 0.05) is 44.5 Å². The van der Waals surface area contributed by atoms with Gasteiger partial charge in [-0.25, -0.2) is 0 Å². The summed E-state index contributed by atoms with van der Waals surface area (Å²) in [5.41, 5.74) is 9.15. The lowest BCUT2D eigenvalue weighted by Crippen LogP contribution is -2.47. The van der Waals surface area contributed by atoms with Crippen LogP contribution in [0.3, 0.4) is 0 Å². The van der Waals surface area contributed by atoms with Crippen LogP contribution in [-0.4, -0.2) is 53.9 Å². The zero-order chi connectivity index (χ0) is 16.2. The Kier molecular flexibility index (Phi) is 4.69. The first-order valence-corrected chi connectivity index (χ1v) is 7.91. The molecule has 23 heavy (non-hydrogen) atoms. The van der Waals surface area contributed by atoms with Gasteiger partial charge in [-0.2, -0.15) is 0 Å². The normalized spacial score (nSPS) is 15.7. The SMILES string of the molecule is CN1CCN(C(=O)c2ncccc2-c2cccc(CN)c2)CC1. The van der Waals surface area contributed by atoms with Crippen molar-refractivity contribution in [2.75, 3.05) is 33.2 Å². The van der Waals surface area contributed by atoms with E-state index in [4.69, 9.17) is 5.73 Å². The lowest BCUT2D eigenvalue weighted by molar-refractivity contribution is 0.0659. The van der Waals surface area contributed by atoms with Gasteiger partial charge in [0.05, 0.1) is 0 Å². The number of carbonyl (C=O) groups is 1. The van der Waals surface area contributed by atoms with Crippen molar-refractivity contribution in [1.29, 1.82) is 0 Å². The molecule has 2 aromatic rings. The average Bonchev–Trinajstić information content (AvgIpc) is 2.62. The van der Waals surface area contributed by atoms with Gasteiger partial charge in [0.25, 0.3) is 5.91 Å². The van der Waals surface area contributed by atoms with Crippen LogP contribution in [0.15, 0.2) is 42.6 Å². The predicted molar refractivity (Wildman–Crippen MR) is 91.0 cm³/mol. The van der Waals surface area contributed by atoms with Crippen LogP contribution in [0.5, 0.6) is 0 Å². The Morgan fingerprint density at radius 3 is 2.70 bits per heavy atom. The Hall–Kier alpha value is -2.24. The Morgan fingerprint density at radius 1 is 1.17 bits per heavy atom. The first-order chi connectivity index (χ1) is 11.2. The third-order valence-corrected chi connectivity index (χ3v) is 4.27. The molecule has 2 N–H and O–H groups in total. The van der Waals surface area contributed by atoms with Crippen molar-refractivity contribution in [3.8, 4) is 11.1 Å². The summed E-state index contributed by atoms with van der Waals surface area (Å²) in [5, 5.41) is 0. The maximum Gasteiger partial charge on any atom is 0.273 e. The van der Waals surface area contributed by atoms with E-state index in [9.17, 15) is 4.79 Å². The smallest absolute Gasteiger partial charge is 0.273 e. The summed E-state index contributed by atoms with van der Waals surface area (Å²) in [6.45, 7) is 3.77. The molecule has 1 aromatic carbocycles. The molecule has 3 rings (SSSR count). The quantitative estimate of drug-likeness (QED) is 0.935. The molecule has 0 aliphatic carbocycles.